The lowest BCUT2D eigenvalue weighted by Crippen LogP contribution is -2.15. The molecular weight excluding hydrogens is 306 g/mol. The van der Waals surface area contributed by atoms with E-state index in [-0.39, 0.29) is 11.6 Å². The summed E-state index contributed by atoms with van der Waals surface area (Å²) >= 11 is 0. The molecule has 1 amide bonds. The van der Waals surface area contributed by atoms with Crippen molar-refractivity contribution in [2.45, 2.75) is 20.8 Å². The molecule has 0 bridgehead atoms. The molecule has 7 nitrogen and oxygen atoms in total. The van der Waals surface area contributed by atoms with Gasteiger partial charge >= 0.3 is 0 Å². The lowest BCUT2D eigenvalue weighted by molar-refractivity contribution is 0.102. The van der Waals surface area contributed by atoms with Crippen LogP contribution in [-0.4, -0.2) is 21.0 Å². The van der Waals surface area contributed by atoms with Crippen molar-refractivity contribution >= 4 is 23.2 Å². The van der Waals surface area contributed by atoms with Gasteiger partial charge in [-0.15, -0.1) is 0 Å². The van der Waals surface area contributed by atoms with Gasteiger partial charge < -0.3 is 15.2 Å². The minimum Gasteiger partial charge on any atom is -0.360 e. The highest BCUT2D eigenvalue weighted by Crippen LogP contribution is 2.18. The maximum absolute atomic E-state index is 12.4. The Morgan fingerprint density at radius 3 is 2.62 bits per heavy atom. The first-order valence-electron chi connectivity index (χ1n) is 7.42. The lowest BCUT2D eigenvalue weighted by Gasteiger charge is -2.09. The zero-order valence-electron chi connectivity index (χ0n) is 13.6. The van der Waals surface area contributed by atoms with Crippen LogP contribution in [0.5, 0.6) is 0 Å². The third-order valence-electron chi connectivity index (χ3n) is 3.43. The first-order chi connectivity index (χ1) is 11.5. The summed E-state index contributed by atoms with van der Waals surface area (Å²) in [7, 11) is 0. The van der Waals surface area contributed by atoms with E-state index in [9.17, 15) is 4.79 Å². The summed E-state index contributed by atoms with van der Waals surface area (Å²) in [4.78, 5) is 20.5. The average Bonchev–Trinajstić information content (AvgIpc) is 2.96. The summed E-state index contributed by atoms with van der Waals surface area (Å²) in [5, 5.41) is 9.67. The average molecular weight is 323 g/mol. The predicted octanol–water partition coefficient (Wildman–Crippen LogP) is 3.39. The van der Waals surface area contributed by atoms with Gasteiger partial charge in [0.25, 0.3) is 5.91 Å². The minimum absolute atomic E-state index is 0.258. The van der Waals surface area contributed by atoms with E-state index >= 15 is 0 Å². The lowest BCUT2D eigenvalue weighted by atomic mass is 10.1. The number of nitrogens with one attached hydrogen (secondary N) is 2. The van der Waals surface area contributed by atoms with Gasteiger partial charge in [0.05, 0.1) is 0 Å². The highest BCUT2D eigenvalue weighted by molar-refractivity contribution is 6.03. The van der Waals surface area contributed by atoms with Crippen molar-refractivity contribution < 1.29 is 9.32 Å². The highest BCUT2D eigenvalue weighted by Gasteiger charge is 2.11. The minimum atomic E-state index is -0.300. The molecule has 0 saturated carbocycles. The monoisotopic (exact) mass is 323 g/mol. The Balaban J connectivity index is 1.77. The largest absolute Gasteiger partial charge is 0.360 e. The van der Waals surface area contributed by atoms with Gasteiger partial charge in [-0.25, -0.2) is 9.97 Å². The fraction of sp³-hybridized carbons (Fsp3) is 0.176. The van der Waals surface area contributed by atoms with Gasteiger partial charge in [0.2, 0.25) is 0 Å². The molecule has 0 saturated heterocycles. The maximum atomic E-state index is 12.4. The number of carbonyl (C=O) groups is 1. The summed E-state index contributed by atoms with van der Waals surface area (Å²) in [6, 6.07) is 9.18. The van der Waals surface area contributed by atoms with Crippen LogP contribution >= 0.6 is 0 Å². The van der Waals surface area contributed by atoms with E-state index in [0.717, 1.165) is 16.8 Å². The Labute approximate surface area is 139 Å². The number of aryl methyl sites for hydroxylation is 3. The van der Waals surface area contributed by atoms with Crippen LogP contribution in [0.3, 0.4) is 0 Å². The van der Waals surface area contributed by atoms with Crippen molar-refractivity contribution in [3.05, 3.63) is 59.2 Å². The van der Waals surface area contributed by atoms with Crippen LogP contribution in [0, 0.1) is 20.8 Å². The smallest absolute Gasteiger partial charge is 0.274 e. The number of carbonyl (C=O) groups excluding carboxylic acids is 1. The zero-order valence-corrected chi connectivity index (χ0v) is 13.6. The molecule has 122 valence electrons. The summed E-state index contributed by atoms with van der Waals surface area (Å²) < 4.78 is 4.98. The van der Waals surface area contributed by atoms with Gasteiger partial charge in [-0.3, -0.25) is 4.79 Å². The first-order valence-corrected chi connectivity index (χ1v) is 7.42. The Hall–Kier alpha value is -3.22. The molecule has 7 heteroatoms. The first kappa shape index (κ1) is 15.7. The number of rotatable bonds is 4. The van der Waals surface area contributed by atoms with E-state index < -0.39 is 0 Å². The van der Waals surface area contributed by atoms with Crippen LogP contribution in [-0.2, 0) is 0 Å². The van der Waals surface area contributed by atoms with Crippen LogP contribution in [0.4, 0.5) is 17.3 Å². The Bertz CT molecular complexity index is 888. The molecule has 0 spiro atoms. The summed E-state index contributed by atoms with van der Waals surface area (Å²) in [6.07, 6.45) is 1.33. The molecule has 0 atom stereocenters. The number of anilines is 3. The molecule has 3 rings (SSSR count). The van der Waals surface area contributed by atoms with Crippen LogP contribution in [0.2, 0.25) is 0 Å². The van der Waals surface area contributed by atoms with Crippen molar-refractivity contribution in [3.8, 4) is 0 Å². The standard InChI is InChI=1S/C17H17N5O2/c1-10-4-5-11(2)13(6-10)20-17(23)14-8-15(19-9-18-14)21-16-7-12(3)24-22-16/h4-9H,1-3H3,(H,20,23)(H,18,19,21,22). The highest BCUT2D eigenvalue weighted by atomic mass is 16.5. The molecule has 2 aromatic heterocycles. The Kier molecular flexibility index (Phi) is 4.24. The predicted molar refractivity (Wildman–Crippen MR) is 90.4 cm³/mol. The van der Waals surface area contributed by atoms with Gasteiger partial charge in [0.1, 0.15) is 23.6 Å². The number of benzene rings is 1. The number of aromatic nitrogens is 3. The molecule has 2 N–H and O–H groups in total. The maximum Gasteiger partial charge on any atom is 0.274 e. The number of hydrogen-bond donors (Lipinski definition) is 2. The second-order valence-corrected chi connectivity index (χ2v) is 5.51. The van der Waals surface area contributed by atoms with Crippen LogP contribution in [0.1, 0.15) is 27.4 Å². The molecular formula is C17H17N5O2. The Morgan fingerprint density at radius 1 is 1.04 bits per heavy atom. The van der Waals surface area contributed by atoms with Gasteiger partial charge in [-0.2, -0.15) is 0 Å². The molecule has 0 fully saturated rings. The van der Waals surface area contributed by atoms with Gasteiger partial charge in [0, 0.05) is 17.8 Å². The number of nitrogens with zero attached hydrogens (tertiary/aromatic N) is 3. The summed E-state index contributed by atoms with van der Waals surface area (Å²) in [5.41, 5.74) is 3.08. The molecule has 3 aromatic rings. The van der Waals surface area contributed by atoms with Crippen LogP contribution in [0.25, 0.3) is 0 Å². The molecule has 2 heterocycles. The molecule has 0 aliphatic rings. The molecule has 0 radical (unpaired) electrons. The summed E-state index contributed by atoms with van der Waals surface area (Å²) in [6.45, 7) is 5.71. The molecule has 0 aliphatic carbocycles. The number of amides is 1. The fourth-order valence-corrected chi connectivity index (χ4v) is 2.16. The third kappa shape index (κ3) is 3.57. The zero-order chi connectivity index (χ0) is 17.1. The molecule has 0 aliphatic heterocycles. The van der Waals surface area contributed by atoms with Crippen LogP contribution in [0.15, 0.2) is 41.2 Å². The SMILES string of the molecule is Cc1ccc(C)c(NC(=O)c2cc(Nc3cc(C)on3)ncn2)c1. The van der Waals surface area contributed by atoms with E-state index in [1.54, 1.807) is 19.1 Å². The van der Waals surface area contributed by atoms with E-state index in [1.807, 2.05) is 32.0 Å². The van der Waals surface area contributed by atoms with Gasteiger partial charge in [0.15, 0.2) is 5.82 Å². The van der Waals surface area contributed by atoms with Crippen molar-refractivity contribution in [1.82, 2.24) is 15.1 Å². The van der Waals surface area contributed by atoms with E-state index in [2.05, 4.69) is 25.8 Å². The fourth-order valence-electron chi connectivity index (χ4n) is 2.16. The third-order valence-corrected chi connectivity index (χ3v) is 3.43. The molecule has 1 aromatic carbocycles. The summed E-state index contributed by atoms with van der Waals surface area (Å²) in [5.74, 6) is 1.36. The second-order valence-electron chi connectivity index (χ2n) is 5.51. The topological polar surface area (TPSA) is 92.9 Å². The van der Waals surface area contributed by atoms with Crippen LogP contribution < -0.4 is 10.6 Å². The van der Waals surface area contributed by atoms with Crippen molar-refractivity contribution in [1.29, 1.82) is 0 Å². The van der Waals surface area contributed by atoms with Crippen molar-refractivity contribution in [3.63, 3.8) is 0 Å². The second kappa shape index (κ2) is 6.49. The van der Waals surface area contributed by atoms with E-state index in [0.29, 0.717) is 17.4 Å². The quantitative estimate of drug-likeness (QED) is 0.764. The normalized spacial score (nSPS) is 10.5. The Morgan fingerprint density at radius 2 is 1.88 bits per heavy atom. The van der Waals surface area contributed by atoms with E-state index in [4.69, 9.17) is 4.52 Å². The van der Waals surface area contributed by atoms with Gasteiger partial charge in [-0.1, -0.05) is 17.3 Å². The van der Waals surface area contributed by atoms with Crippen molar-refractivity contribution in [2.24, 2.45) is 0 Å². The number of hydrogen-bond acceptors (Lipinski definition) is 6. The van der Waals surface area contributed by atoms with Gasteiger partial charge in [-0.05, 0) is 38.0 Å². The molecule has 24 heavy (non-hydrogen) atoms. The van der Waals surface area contributed by atoms with Crippen molar-refractivity contribution in [2.75, 3.05) is 10.6 Å². The van der Waals surface area contributed by atoms with E-state index in [1.165, 1.54) is 6.33 Å². The molecule has 0 unspecified atom stereocenters.